The number of nitrogen functional groups attached to an aromatic ring is 1. The Bertz CT molecular complexity index is 438. The van der Waals surface area contributed by atoms with Crippen LogP contribution in [-0.4, -0.2) is 16.0 Å². The van der Waals surface area contributed by atoms with Gasteiger partial charge in [0.05, 0.1) is 0 Å². The molecule has 0 amide bonds. The summed E-state index contributed by atoms with van der Waals surface area (Å²) in [6.45, 7) is 0.115. The molecule has 15 heavy (non-hydrogen) atoms. The molecule has 5 nitrogen and oxygen atoms in total. The van der Waals surface area contributed by atoms with E-state index in [2.05, 4.69) is 0 Å². The first-order chi connectivity index (χ1) is 7.00. The van der Waals surface area contributed by atoms with Gasteiger partial charge in [0.15, 0.2) is 0 Å². The van der Waals surface area contributed by atoms with Crippen LogP contribution in [0.15, 0.2) is 15.8 Å². The maximum Gasteiger partial charge on any atom is 0.328 e. The zero-order valence-corrected chi connectivity index (χ0v) is 7.87. The third kappa shape index (κ3) is 3.19. The molecule has 0 unspecified atom stereocenters. The lowest BCUT2D eigenvalue weighted by Gasteiger charge is -2.04. The number of hydrogen-bond donors (Lipinski definition) is 2. The number of nitrogens with zero attached hydrogens (tertiary/aromatic N) is 1. The summed E-state index contributed by atoms with van der Waals surface area (Å²) in [6, 6.07) is 0. The van der Waals surface area contributed by atoms with Gasteiger partial charge in [-0.1, -0.05) is 0 Å². The summed E-state index contributed by atoms with van der Waals surface area (Å²) in [4.78, 5) is 24.0. The van der Waals surface area contributed by atoms with Gasteiger partial charge in [-0.3, -0.25) is 14.3 Å². The molecule has 1 aromatic heterocycles. The van der Waals surface area contributed by atoms with Crippen molar-refractivity contribution >= 4 is 5.69 Å². The number of nitrogens with two attached hydrogens (primary N) is 1. The van der Waals surface area contributed by atoms with E-state index in [-0.39, 0.29) is 25.1 Å². The molecule has 0 radical (unpaired) electrons. The number of alkyl halides is 2. The molecule has 84 valence electrons. The minimum absolute atomic E-state index is 0.105. The fourth-order valence-corrected chi connectivity index (χ4v) is 1.11. The Kier molecular flexibility index (Phi) is 3.59. The average Bonchev–Trinajstić information content (AvgIpc) is 2.13. The van der Waals surface area contributed by atoms with Gasteiger partial charge in [0.1, 0.15) is 5.69 Å². The summed E-state index contributed by atoms with van der Waals surface area (Å²) < 4.78 is 24.7. The molecule has 1 heterocycles. The summed E-state index contributed by atoms with van der Waals surface area (Å²) in [6.07, 6.45) is -1.36. The number of anilines is 1. The number of H-pyrrole nitrogens is 1. The smallest absolute Gasteiger partial charge is 0.328 e. The second kappa shape index (κ2) is 4.72. The predicted molar refractivity (Wildman–Crippen MR) is 51.0 cm³/mol. The van der Waals surface area contributed by atoms with Gasteiger partial charge < -0.3 is 5.73 Å². The van der Waals surface area contributed by atoms with E-state index in [1.165, 1.54) is 0 Å². The zero-order valence-electron chi connectivity index (χ0n) is 7.87. The van der Waals surface area contributed by atoms with Crippen LogP contribution < -0.4 is 17.0 Å². The maximum absolute atomic E-state index is 11.8. The van der Waals surface area contributed by atoms with Crippen molar-refractivity contribution in [3.63, 3.8) is 0 Å². The monoisotopic (exact) mass is 219 g/mol. The minimum Gasteiger partial charge on any atom is -0.393 e. The Labute approximate surface area is 83.5 Å². The molecule has 1 aromatic rings. The molecular weight excluding hydrogens is 208 g/mol. The number of aryl methyl sites for hydroxylation is 1. The Hall–Kier alpha value is -1.66. The van der Waals surface area contributed by atoms with Gasteiger partial charge in [0.25, 0.3) is 5.56 Å². The van der Waals surface area contributed by atoms with Crippen LogP contribution >= 0.6 is 0 Å². The molecule has 0 aliphatic carbocycles. The normalized spacial score (nSPS) is 10.9. The topological polar surface area (TPSA) is 80.9 Å². The number of halogens is 2. The Morgan fingerprint density at radius 2 is 2.13 bits per heavy atom. The first kappa shape index (κ1) is 11.4. The molecule has 0 aliphatic rings. The maximum atomic E-state index is 11.8. The van der Waals surface area contributed by atoms with E-state index in [1.54, 1.807) is 0 Å². The highest BCUT2D eigenvalue weighted by Crippen LogP contribution is 2.03. The molecule has 3 N–H and O–H groups in total. The number of nitrogens with one attached hydrogen (secondary N) is 1. The fraction of sp³-hybridized carbons (Fsp3) is 0.500. The van der Waals surface area contributed by atoms with Crippen molar-refractivity contribution in [3.8, 4) is 0 Å². The van der Waals surface area contributed by atoms with Crippen LogP contribution in [0.2, 0.25) is 0 Å². The second-order valence-corrected chi connectivity index (χ2v) is 3.07. The molecule has 1 rings (SSSR count). The number of aromatic nitrogens is 2. The number of rotatable bonds is 4. The van der Waals surface area contributed by atoms with Gasteiger partial charge in [-0.15, -0.1) is 0 Å². The van der Waals surface area contributed by atoms with Crippen molar-refractivity contribution < 1.29 is 8.78 Å². The number of aromatic amines is 1. The van der Waals surface area contributed by atoms with E-state index in [1.807, 2.05) is 4.98 Å². The lowest BCUT2D eigenvalue weighted by molar-refractivity contribution is 0.133. The quantitative estimate of drug-likeness (QED) is 0.757. The van der Waals surface area contributed by atoms with Crippen LogP contribution in [0.1, 0.15) is 12.8 Å². The molecule has 0 saturated carbocycles. The fourth-order valence-electron chi connectivity index (χ4n) is 1.11. The molecule has 0 saturated heterocycles. The van der Waals surface area contributed by atoms with Gasteiger partial charge in [-0.05, 0) is 6.42 Å². The second-order valence-electron chi connectivity index (χ2n) is 3.07. The molecule has 0 spiro atoms. The average molecular weight is 219 g/mol. The largest absolute Gasteiger partial charge is 0.393 e. The van der Waals surface area contributed by atoms with E-state index in [0.29, 0.717) is 0 Å². The first-order valence-electron chi connectivity index (χ1n) is 4.38. The highest BCUT2D eigenvalue weighted by molar-refractivity contribution is 5.30. The molecule has 0 bridgehead atoms. The zero-order chi connectivity index (χ0) is 11.4. The van der Waals surface area contributed by atoms with Crippen LogP contribution in [0.5, 0.6) is 0 Å². The summed E-state index contributed by atoms with van der Waals surface area (Å²) >= 11 is 0. The van der Waals surface area contributed by atoms with E-state index in [9.17, 15) is 18.4 Å². The van der Waals surface area contributed by atoms with Crippen LogP contribution in [0.25, 0.3) is 0 Å². The van der Waals surface area contributed by atoms with Crippen molar-refractivity contribution in [1.82, 2.24) is 9.55 Å². The van der Waals surface area contributed by atoms with Gasteiger partial charge in [0, 0.05) is 19.2 Å². The standard InChI is InChI=1S/C8H11F2N3O2/c9-6(10)2-1-3-13-4-5(11)7(14)12-8(13)15/h4,6H,1-3,11H2,(H,12,14,15). The summed E-state index contributed by atoms with van der Waals surface area (Å²) in [7, 11) is 0. The van der Waals surface area contributed by atoms with E-state index >= 15 is 0 Å². The van der Waals surface area contributed by atoms with Gasteiger partial charge in [-0.25, -0.2) is 13.6 Å². The molecule has 7 heteroatoms. The Morgan fingerprint density at radius 3 is 2.73 bits per heavy atom. The summed E-state index contributed by atoms with van der Waals surface area (Å²) in [5.41, 5.74) is 3.87. The van der Waals surface area contributed by atoms with Crippen molar-refractivity contribution in [1.29, 1.82) is 0 Å². The molecular formula is C8H11F2N3O2. The number of hydrogen-bond acceptors (Lipinski definition) is 3. The van der Waals surface area contributed by atoms with Gasteiger partial charge >= 0.3 is 5.69 Å². The van der Waals surface area contributed by atoms with Crippen LogP contribution in [0.3, 0.4) is 0 Å². The third-order valence-corrected chi connectivity index (χ3v) is 1.86. The van der Waals surface area contributed by atoms with Crippen molar-refractivity contribution in [2.24, 2.45) is 0 Å². The Morgan fingerprint density at radius 1 is 1.47 bits per heavy atom. The Balaban J connectivity index is 2.74. The lowest BCUT2D eigenvalue weighted by Crippen LogP contribution is -2.31. The van der Waals surface area contributed by atoms with E-state index in [4.69, 9.17) is 5.73 Å². The summed E-state index contributed by atoms with van der Waals surface area (Å²) in [5.74, 6) is 0. The highest BCUT2D eigenvalue weighted by Gasteiger charge is 2.04. The summed E-state index contributed by atoms with van der Waals surface area (Å²) in [5, 5.41) is 0. The van der Waals surface area contributed by atoms with Crippen LogP contribution in [-0.2, 0) is 6.54 Å². The van der Waals surface area contributed by atoms with Gasteiger partial charge in [-0.2, -0.15) is 0 Å². The highest BCUT2D eigenvalue weighted by atomic mass is 19.3. The third-order valence-electron chi connectivity index (χ3n) is 1.86. The van der Waals surface area contributed by atoms with Crippen LogP contribution in [0, 0.1) is 0 Å². The van der Waals surface area contributed by atoms with Crippen LogP contribution in [0.4, 0.5) is 14.5 Å². The molecule has 0 atom stereocenters. The first-order valence-corrected chi connectivity index (χ1v) is 4.38. The van der Waals surface area contributed by atoms with E-state index < -0.39 is 17.7 Å². The van der Waals surface area contributed by atoms with E-state index in [0.717, 1.165) is 10.8 Å². The molecule has 0 fully saturated rings. The SMILES string of the molecule is Nc1cn(CCCC(F)F)c(=O)[nH]c1=O. The predicted octanol–water partition coefficient (Wildman–Crippen LogP) is 0.164. The molecule has 0 aromatic carbocycles. The van der Waals surface area contributed by atoms with Crippen molar-refractivity contribution in [2.45, 2.75) is 25.8 Å². The van der Waals surface area contributed by atoms with Crippen molar-refractivity contribution in [2.75, 3.05) is 5.73 Å². The van der Waals surface area contributed by atoms with Gasteiger partial charge in [0.2, 0.25) is 6.43 Å². The molecule has 0 aliphatic heterocycles. The lowest BCUT2D eigenvalue weighted by atomic mass is 10.3. The minimum atomic E-state index is -2.39. The van der Waals surface area contributed by atoms with Crippen molar-refractivity contribution in [3.05, 3.63) is 27.0 Å².